The number of carbonyl (C=O) groups excluding carboxylic acids is 1. The maximum absolute atomic E-state index is 13.7. The number of hydrogen-bond acceptors (Lipinski definition) is 5. The average Bonchev–Trinajstić information content (AvgIpc) is 3.52. The molecule has 1 fully saturated rings. The van der Waals surface area contributed by atoms with Gasteiger partial charge in [-0.25, -0.2) is 0 Å². The van der Waals surface area contributed by atoms with Gasteiger partial charge in [-0.15, -0.1) is 0 Å². The second-order valence-corrected chi connectivity index (χ2v) is 9.15. The minimum absolute atomic E-state index is 0.232. The summed E-state index contributed by atoms with van der Waals surface area (Å²) in [6, 6.07) is 20.9. The van der Waals surface area contributed by atoms with Gasteiger partial charge >= 0.3 is 0 Å². The maximum atomic E-state index is 13.7. The summed E-state index contributed by atoms with van der Waals surface area (Å²) in [6.45, 7) is 0. The van der Waals surface area contributed by atoms with Crippen molar-refractivity contribution in [1.82, 2.24) is 10.3 Å². The van der Waals surface area contributed by atoms with E-state index in [1.807, 2.05) is 66.9 Å². The summed E-state index contributed by atoms with van der Waals surface area (Å²) in [5.74, 6) is -0.340. The van der Waals surface area contributed by atoms with Crippen molar-refractivity contribution in [3.8, 4) is 5.75 Å². The van der Waals surface area contributed by atoms with Gasteiger partial charge in [-0.2, -0.15) is 0 Å². The summed E-state index contributed by atoms with van der Waals surface area (Å²) in [4.78, 5) is 29.4. The molecule has 3 aromatic carbocycles. The van der Waals surface area contributed by atoms with Crippen molar-refractivity contribution in [2.45, 2.75) is 30.0 Å². The maximum Gasteiger partial charge on any atom is 0.250 e. The first kappa shape index (κ1) is 21.4. The summed E-state index contributed by atoms with van der Waals surface area (Å²) in [5, 5.41) is 20.1. The summed E-state index contributed by atoms with van der Waals surface area (Å²) >= 11 is 0. The lowest BCUT2D eigenvalue weighted by Gasteiger charge is -2.29. The van der Waals surface area contributed by atoms with Crippen molar-refractivity contribution < 1.29 is 14.5 Å². The molecule has 0 bridgehead atoms. The minimum atomic E-state index is -1.26. The Bertz CT molecular complexity index is 1450. The minimum Gasteiger partial charge on any atom is -0.497 e. The van der Waals surface area contributed by atoms with E-state index in [1.165, 1.54) is 0 Å². The third kappa shape index (κ3) is 3.14. The zero-order valence-electron chi connectivity index (χ0n) is 19.0. The van der Waals surface area contributed by atoms with Crippen LogP contribution in [0.3, 0.4) is 0 Å². The highest BCUT2D eigenvalue weighted by molar-refractivity contribution is 6.07. The Morgan fingerprint density at radius 2 is 1.77 bits per heavy atom. The number of benzene rings is 3. The molecule has 35 heavy (non-hydrogen) atoms. The van der Waals surface area contributed by atoms with Crippen LogP contribution in [0.4, 0.5) is 5.69 Å². The highest BCUT2D eigenvalue weighted by Gasteiger charge is 2.66. The molecule has 1 aromatic heterocycles. The Morgan fingerprint density at radius 3 is 2.54 bits per heavy atom. The lowest BCUT2D eigenvalue weighted by atomic mass is 9.74. The number of nitrogens with zero attached hydrogens (tertiary/aromatic N) is 1. The first-order valence-corrected chi connectivity index (χ1v) is 11.5. The van der Waals surface area contributed by atoms with E-state index < -0.39 is 23.5 Å². The molecule has 8 heteroatoms. The van der Waals surface area contributed by atoms with Gasteiger partial charge in [0, 0.05) is 33.3 Å². The van der Waals surface area contributed by atoms with Crippen molar-refractivity contribution in [2.24, 2.45) is 0 Å². The van der Waals surface area contributed by atoms with Gasteiger partial charge in [-0.3, -0.25) is 20.2 Å². The molecule has 2 aliphatic rings. The van der Waals surface area contributed by atoms with Crippen molar-refractivity contribution in [3.05, 3.63) is 106 Å². The molecule has 8 nitrogen and oxygen atoms in total. The lowest BCUT2D eigenvalue weighted by molar-refractivity contribution is -0.526. The lowest BCUT2D eigenvalue weighted by Crippen LogP contribution is -2.49. The average molecular weight is 469 g/mol. The van der Waals surface area contributed by atoms with Gasteiger partial charge in [-0.05, 0) is 41.8 Å². The number of rotatable bonds is 5. The predicted octanol–water partition coefficient (Wildman–Crippen LogP) is 3.97. The molecule has 1 saturated heterocycles. The summed E-state index contributed by atoms with van der Waals surface area (Å²) in [7, 11) is 1.57. The monoisotopic (exact) mass is 468 g/mol. The Hall–Kier alpha value is -4.17. The Labute approximate surface area is 201 Å². The van der Waals surface area contributed by atoms with Gasteiger partial charge in [0.15, 0.2) is 0 Å². The Morgan fingerprint density at radius 1 is 1.03 bits per heavy atom. The van der Waals surface area contributed by atoms with E-state index in [1.54, 1.807) is 19.2 Å². The predicted molar refractivity (Wildman–Crippen MR) is 132 cm³/mol. The van der Waals surface area contributed by atoms with Crippen molar-refractivity contribution >= 4 is 22.5 Å². The number of methoxy groups -OCH3 is 1. The quantitative estimate of drug-likeness (QED) is 0.303. The molecule has 2 aliphatic heterocycles. The number of aromatic amines is 1. The van der Waals surface area contributed by atoms with Gasteiger partial charge in [0.2, 0.25) is 11.9 Å². The van der Waals surface area contributed by atoms with Crippen LogP contribution in [-0.4, -0.2) is 35.0 Å². The number of ether oxygens (including phenoxy) is 1. The van der Waals surface area contributed by atoms with E-state index in [9.17, 15) is 14.9 Å². The molecule has 1 spiro atoms. The smallest absolute Gasteiger partial charge is 0.250 e. The molecule has 6 rings (SSSR count). The first-order chi connectivity index (χ1) is 17.0. The number of aromatic nitrogens is 1. The molecule has 4 aromatic rings. The number of nitrogens with one attached hydrogen (secondary N) is 3. The standard InChI is InChI=1S/C27H24N4O4/c1-35-18-12-10-16(11-13-18)24-25(31(33)34)23(14-17-15-28-21-8-4-2-6-19(17)21)30-27(24)20-7-3-5-9-22(20)29-26(27)32/h2-13,15,23-25,28,30H,14H2,1H3,(H,29,32)/t23-,24+,25-,27+/m1/s1. The molecule has 176 valence electrons. The van der Waals surface area contributed by atoms with E-state index in [4.69, 9.17) is 4.74 Å². The van der Waals surface area contributed by atoms with Crippen molar-refractivity contribution in [3.63, 3.8) is 0 Å². The highest BCUT2D eigenvalue weighted by atomic mass is 16.6. The van der Waals surface area contributed by atoms with Gasteiger partial charge in [0.25, 0.3) is 0 Å². The van der Waals surface area contributed by atoms with Crippen molar-refractivity contribution in [2.75, 3.05) is 12.4 Å². The fourth-order valence-electron chi connectivity index (χ4n) is 5.92. The Balaban J connectivity index is 1.52. The van der Waals surface area contributed by atoms with Crippen LogP contribution < -0.4 is 15.4 Å². The van der Waals surface area contributed by atoms with Crippen LogP contribution in [0.15, 0.2) is 79.0 Å². The van der Waals surface area contributed by atoms with E-state index in [2.05, 4.69) is 15.6 Å². The second-order valence-electron chi connectivity index (χ2n) is 9.15. The molecule has 4 atom stereocenters. The fraction of sp³-hybridized carbons (Fsp3) is 0.222. The normalized spacial score (nSPS) is 25.1. The van der Waals surface area contributed by atoms with Gasteiger partial charge in [-0.1, -0.05) is 48.5 Å². The van der Waals surface area contributed by atoms with Crippen LogP contribution in [0.1, 0.15) is 22.6 Å². The summed E-state index contributed by atoms with van der Waals surface area (Å²) in [6.07, 6.45) is 2.30. The van der Waals surface area contributed by atoms with Gasteiger partial charge < -0.3 is 15.0 Å². The highest BCUT2D eigenvalue weighted by Crippen LogP contribution is 2.52. The van der Waals surface area contributed by atoms with E-state index in [0.717, 1.165) is 22.0 Å². The third-order valence-electron chi connectivity index (χ3n) is 7.42. The number of carbonyl (C=O) groups is 1. The van der Waals surface area contributed by atoms with E-state index in [-0.39, 0.29) is 10.8 Å². The van der Waals surface area contributed by atoms with E-state index >= 15 is 0 Å². The molecule has 0 radical (unpaired) electrons. The SMILES string of the molecule is COc1ccc([C@H]2[C@H]([N+](=O)[O-])[C@@H](Cc3c[nH]c4ccccc34)N[C@]23C(=O)Nc2ccccc23)cc1. The van der Waals surface area contributed by atoms with Crippen LogP contribution in [0.2, 0.25) is 0 Å². The first-order valence-electron chi connectivity index (χ1n) is 11.5. The van der Waals surface area contributed by atoms with Gasteiger partial charge in [0.1, 0.15) is 11.3 Å². The van der Waals surface area contributed by atoms with Crippen LogP contribution in [-0.2, 0) is 16.8 Å². The third-order valence-corrected chi connectivity index (χ3v) is 7.42. The largest absolute Gasteiger partial charge is 0.497 e. The zero-order valence-corrected chi connectivity index (χ0v) is 19.0. The molecule has 3 heterocycles. The van der Waals surface area contributed by atoms with Crippen LogP contribution >= 0.6 is 0 Å². The summed E-state index contributed by atoms with van der Waals surface area (Å²) < 4.78 is 5.30. The molecular formula is C27H24N4O4. The van der Waals surface area contributed by atoms with Crippen LogP contribution in [0.5, 0.6) is 5.75 Å². The van der Waals surface area contributed by atoms with Crippen LogP contribution in [0, 0.1) is 10.1 Å². The Kier molecular flexibility index (Phi) is 4.86. The fourth-order valence-corrected chi connectivity index (χ4v) is 5.92. The number of amides is 1. The number of para-hydroxylation sites is 2. The molecular weight excluding hydrogens is 444 g/mol. The number of anilines is 1. The van der Waals surface area contributed by atoms with Crippen molar-refractivity contribution in [1.29, 1.82) is 0 Å². The topological polar surface area (TPSA) is 109 Å². The molecule has 0 aliphatic carbocycles. The molecule has 1 amide bonds. The van der Waals surface area contributed by atoms with E-state index in [0.29, 0.717) is 23.4 Å². The molecule has 3 N–H and O–H groups in total. The molecule has 0 saturated carbocycles. The number of fused-ring (bicyclic) bond motifs is 3. The van der Waals surface area contributed by atoms with Gasteiger partial charge in [0.05, 0.1) is 19.1 Å². The summed E-state index contributed by atoms with van der Waals surface area (Å²) in [5.41, 5.74) is 2.82. The molecule has 0 unspecified atom stereocenters. The second kappa shape index (κ2) is 7.95. The van der Waals surface area contributed by atoms with Crippen LogP contribution in [0.25, 0.3) is 10.9 Å². The zero-order chi connectivity index (χ0) is 24.2. The number of hydrogen-bond donors (Lipinski definition) is 3. The number of nitro groups is 1. The number of H-pyrrole nitrogens is 1.